The van der Waals surface area contributed by atoms with E-state index in [1.165, 1.54) is 7.11 Å². The Hall–Kier alpha value is -1.42. The van der Waals surface area contributed by atoms with Crippen LogP contribution in [0.25, 0.3) is 0 Å². The zero-order chi connectivity index (χ0) is 30.0. The van der Waals surface area contributed by atoms with Crippen molar-refractivity contribution in [3.05, 3.63) is 35.9 Å². The minimum absolute atomic E-state index is 0. The zero-order valence-corrected chi connectivity index (χ0v) is 26.5. The van der Waals surface area contributed by atoms with Crippen molar-refractivity contribution in [1.29, 1.82) is 0 Å². The molecule has 1 saturated heterocycles. The molecule has 0 amide bonds. The van der Waals surface area contributed by atoms with Gasteiger partial charge in [-0.3, -0.25) is 0 Å². The first-order valence-electron chi connectivity index (χ1n) is 14.9. The van der Waals surface area contributed by atoms with Crippen molar-refractivity contribution in [2.45, 2.75) is 72.6 Å². The molecule has 5 saturated carbocycles. The summed E-state index contributed by atoms with van der Waals surface area (Å²) in [5.74, 6) is -2.58. The molecule has 1 aliphatic heterocycles. The SMILES string of the molecule is COCC12CN(C)C3C4C(OC)C1C3(C(OC)CC2O)C1CC2(O)C(OC)CC4(O)C1(O)C2OC(=O)c1ccccc1.Cl.O. The highest BCUT2D eigenvalue weighted by molar-refractivity contribution is 5.89. The normalized spacial score (nSPS) is 51.2. The summed E-state index contributed by atoms with van der Waals surface area (Å²) in [6.45, 7) is 0.735. The number of aliphatic hydroxyl groups is 4. The fraction of sp³-hybridized carbons (Fsp3) is 0.774. The number of hydrogen-bond acceptors (Lipinski definition) is 11. The van der Waals surface area contributed by atoms with Gasteiger partial charge in [-0.2, -0.15) is 0 Å². The highest BCUT2D eigenvalue weighted by Crippen LogP contribution is 2.80. The lowest BCUT2D eigenvalue weighted by atomic mass is 9.41. The van der Waals surface area contributed by atoms with Gasteiger partial charge in [-0.05, 0) is 25.6 Å². The number of carbonyl (C=O) groups excluding carboxylic acids is 1. The number of ether oxygens (including phenoxy) is 5. The van der Waals surface area contributed by atoms with E-state index in [-0.39, 0.29) is 55.4 Å². The molecule has 12 nitrogen and oxygen atoms in total. The Morgan fingerprint density at radius 1 is 1.00 bits per heavy atom. The number of carbonyl (C=O) groups is 1. The Kier molecular flexibility index (Phi) is 8.34. The number of aliphatic hydroxyl groups excluding tert-OH is 1. The van der Waals surface area contributed by atoms with Crippen LogP contribution in [-0.2, 0) is 23.7 Å². The smallest absolute Gasteiger partial charge is 0.338 e. The van der Waals surface area contributed by atoms with E-state index < -0.39 is 81.9 Å². The quantitative estimate of drug-likeness (QED) is 0.280. The van der Waals surface area contributed by atoms with E-state index in [1.54, 1.807) is 51.7 Å². The fourth-order valence-electron chi connectivity index (χ4n) is 11.7. The van der Waals surface area contributed by atoms with Crippen molar-refractivity contribution in [2.24, 2.45) is 28.6 Å². The second-order valence-corrected chi connectivity index (χ2v) is 13.8. The second-order valence-electron chi connectivity index (χ2n) is 13.8. The van der Waals surface area contributed by atoms with Gasteiger partial charge in [0.15, 0.2) is 6.10 Å². The van der Waals surface area contributed by atoms with Gasteiger partial charge < -0.3 is 54.5 Å². The van der Waals surface area contributed by atoms with E-state index in [2.05, 4.69) is 4.90 Å². The van der Waals surface area contributed by atoms with Crippen molar-refractivity contribution >= 4 is 18.4 Å². The number of esters is 1. The van der Waals surface area contributed by atoms with Crippen LogP contribution in [0.5, 0.6) is 0 Å². The molecular formula is C31H46ClNO11. The van der Waals surface area contributed by atoms with Gasteiger partial charge in [0.05, 0.1) is 36.6 Å². The Labute approximate surface area is 263 Å². The molecule has 6 aliphatic rings. The van der Waals surface area contributed by atoms with E-state index in [9.17, 15) is 25.2 Å². The number of rotatable bonds is 7. The predicted molar refractivity (Wildman–Crippen MR) is 157 cm³/mol. The average molecular weight is 644 g/mol. The molecule has 1 aromatic carbocycles. The van der Waals surface area contributed by atoms with Crippen LogP contribution in [0.3, 0.4) is 0 Å². The van der Waals surface area contributed by atoms with E-state index in [4.69, 9.17) is 23.7 Å². The van der Waals surface area contributed by atoms with Crippen molar-refractivity contribution in [1.82, 2.24) is 4.90 Å². The molecule has 14 atom stereocenters. The summed E-state index contributed by atoms with van der Waals surface area (Å²) in [5.41, 5.74) is -7.16. The number of hydrogen-bond donors (Lipinski definition) is 4. The monoisotopic (exact) mass is 643 g/mol. The van der Waals surface area contributed by atoms with Crippen molar-refractivity contribution in [2.75, 3.05) is 48.6 Å². The highest BCUT2D eigenvalue weighted by atomic mass is 35.5. The lowest BCUT2D eigenvalue weighted by molar-refractivity contribution is -0.346. The summed E-state index contributed by atoms with van der Waals surface area (Å²) in [7, 11) is 8.25. The number of benzene rings is 1. The minimum atomic E-state index is -2.07. The molecule has 1 spiro atoms. The fourth-order valence-corrected chi connectivity index (χ4v) is 11.7. The highest BCUT2D eigenvalue weighted by Gasteiger charge is 2.93. The van der Waals surface area contributed by atoms with Gasteiger partial charge in [0, 0.05) is 82.5 Å². The third-order valence-electron chi connectivity index (χ3n) is 12.7. The molecule has 5 aliphatic carbocycles. The molecule has 7 bridgehead atoms. The third-order valence-corrected chi connectivity index (χ3v) is 12.7. The standard InChI is InChI=1S/C31H43NO10.ClH.H2O/c1-32-14-27(15-38-2)18(33)11-19(39-3)30-17-12-28(35)20(40-4)13-29(36,21(24(30)32)22(41-5)23(27)30)31(17,37)26(28)42-25(34)16-9-7-6-8-10-16;;/h6-10,17-24,26,33,35-37H,11-15H2,1-5H3;1H;1H2. The molecule has 7 rings (SSSR count). The van der Waals surface area contributed by atoms with E-state index in [0.29, 0.717) is 6.54 Å². The van der Waals surface area contributed by atoms with Gasteiger partial charge in [0.25, 0.3) is 0 Å². The van der Waals surface area contributed by atoms with Crippen LogP contribution in [0.15, 0.2) is 30.3 Å². The number of halogens is 1. The van der Waals surface area contributed by atoms with Crippen molar-refractivity contribution < 1.29 is 54.4 Å². The van der Waals surface area contributed by atoms with Crippen LogP contribution < -0.4 is 0 Å². The van der Waals surface area contributed by atoms with E-state index >= 15 is 0 Å². The number of fused-ring (bicyclic) bond motifs is 2. The van der Waals surface area contributed by atoms with Crippen LogP contribution in [0.2, 0.25) is 0 Å². The summed E-state index contributed by atoms with van der Waals surface area (Å²) in [6, 6.07) is 8.09. The molecule has 1 heterocycles. The molecular weight excluding hydrogens is 598 g/mol. The molecule has 1 aromatic rings. The van der Waals surface area contributed by atoms with Gasteiger partial charge in [-0.1, -0.05) is 18.2 Å². The summed E-state index contributed by atoms with van der Waals surface area (Å²) >= 11 is 0. The molecule has 0 radical (unpaired) electrons. The average Bonchev–Trinajstić information content (AvgIpc) is 3.34. The maximum atomic E-state index is 13.5. The Morgan fingerprint density at radius 2 is 1.66 bits per heavy atom. The van der Waals surface area contributed by atoms with Crippen molar-refractivity contribution in [3.63, 3.8) is 0 Å². The molecule has 13 heteroatoms. The van der Waals surface area contributed by atoms with Gasteiger partial charge >= 0.3 is 5.97 Å². The molecule has 6 fully saturated rings. The minimum Gasteiger partial charge on any atom is -0.452 e. The number of methoxy groups -OCH3 is 4. The maximum absolute atomic E-state index is 13.5. The molecule has 248 valence electrons. The number of likely N-dealkylation sites (tertiary alicyclic amines) is 1. The molecule has 14 unspecified atom stereocenters. The Bertz CT molecular complexity index is 1260. The first kappa shape index (κ1) is 33.9. The van der Waals surface area contributed by atoms with Crippen LogP contribution in [0.4, 0.5) is 0 Å². The van der Waals surface area contributed by atoms with Crippen LogP contribution in [0, 0.1) is 28.6 Å². The lowest BCUT2D eigenvalue weighted by Crippen LogP contribution is -2.84. The third kappa shape index (κ3) is 3.51. The molecule has 0 aromatic heterocycles. The summed E-state index contributed by atoms with van der Waals surface area (Å²) < 4.78 is 30.3. The predicted octanol–water partition coefficient (Wildman–Crippen LogP) is -0.572. The van der Waals surface area contributed by atoms with Crippen molar-refractivity contribution in [3.8, 4) is 0 Å². The Morgan fingerprint density at radius 3 is 2.25 bits per heavy atom. The van der Waals surface area contributed by atoms with Gasteiger partial charge in [-0.25, -0.2) is 4.79 Å². The first-order valence-corrected chi connectivity index (χ1v) is 14.9. The summed E-state index contributed by atoms with van der Waals surface area (Å²) in [4.78, 5) is 15.7. The molecule has 44 heavy (non-hydrogen) atoms. The zero-order valence-electron chi connectivity index (χ0n) is 25.7. The van der Waals surface area contributed by atoms with Crippen LogP contribution in [0.1, 0.15) is 29.6 Å². The van der Waals surface area contributed by atoms with E-state index in [1.807, 2.05) is 7.05 Å². The van der Waals surface area contributed by atoms with Gasteiger partial charge in [0.2, 0.25) is 0 Å². The summed E-state index contributed by atoms with van der Waals surface area (Å²) in [6.07, 6.45) is -4.17. The molecule has 6 N–H and O–H groups in total. The van der Waals surface area contributed by atoms with Gasteiger partial charge in [-0.15, -0.1) is 12.4 Å². The van der Waals surface area contributed by atoms with Crippen LogP contribution in [-0.4, -0.2) is 139 Å². The largest absolute Gasteiger partial charge is 0.452 e. The van der Waals surface area contributed by atoms with E-state index in [0.717, 1.165) is 0 Å². The number of piperidine rings is 1. The topological polar surface area (TPSA) is 179 Å². The second kappa shape index (κ2) is 10.8. The van der Waals surface area contributed by atoms with Gasteiger partial charge in [0.1, 0.15) is 16.8 Å². The first-order chi connectivity index (χ1) is 20.0. The Balaban J connectivity index is 0.00000192. The van der Waals surface area contributed by atoms with Crippen LogP contribution >= 0.6 is 12.4 Å². The summed E-state index contributed by atoms with van der Waals surface area (Å²) in [5, 5.41) is 50.5. The number of nitrogens with zero attached hydrogens (tertiary/aromatic N) is 1. The maximum Gasteiger partial charge on any atom is 0.338 e. The lowest BCUT2D eigenvalue weighted by Gasteiger charge is -2.71.